The van der Waals surface area contributed by atoms with E-state index in [1.807, 2.05) is 19.1 Å². The van der Waals surface area contributed by atoms with Gasteiger partial charge < -0.3 is 15.4 Å². The lowest BCUT2D eigenvalue weighted by molar-refractivity contribution is 0.0468. The maximum atomic E-state index is 11.7. The van der Waals surface area contributed by atoms with E-state index in [1.54, 1.807) is 13.1 Å². The molecular weight excluding hydrogens is 489 g/mol. The van der Waals surface area contributed by atoms with Crippen LogP contribution in [0.5, 0.6) is 0 Å². The summed E-state index contributed by atoms with van der Waals surface area (Å²) in [7, 11) is -1.45. The molecule has 1 aliphatic carbocycles. The van der Waals surface area contributed by atoms with E-state index >= 15 is 0 Å². The molecule has 28 heavy (non-hydrogen) atoms. The minimum atomic E-state index is -3.18. The molecule has 0 saturated heterocycles. The fourth-order valence-corrected chi connectivity index (χ4v) is 4.41. The van der Waals surface area contributed by atoms with Crippen molar-refractivity contribution >= 4 is 39.8 Å². The second kappa shape index (κ2) is 12.6. The average Bonchev–Trinajstić information content (AvgIpc) is 2.89. The van der Waals surface area contributed by atoms with Crippen LogP contribution in [0.15, 0.2) is 28.1 Å². The fraction of sp³-hybridized carbons (Fsp3) is 0.650. The van der Waals surface area contributed by atoms with Crippen LogP contribution in [0.3, 0.4) is 0 Å². The summed E-state index contributed by atoms with van der Waals surface area (Å²) in [4.78, 5) is 4.60. The molecule has 160 valence electrons. The number of aliphatic imine (C=N–C) groups is 1. The Morgan fingerprint density at radius 3 is 2.43 bits per heavy atom. The first kappa shape index (κ1) is 25.2. The SMILES string of the molecule is CN=C(NCCOC1CCCCCC1)NCc1ccc(S(C)(=O)=O)c(C)c1.I. The van der Waals surface area contributed by atoms with Crippen LogP contribution in [-0.4, -0.2) is 46.9 Å². The number of halogens is 1. The molecule has 2 N–H and O–H groups in total. The highest BCUT2D eigenvalue weighted by Gasteiger charge is 2.12. The Morgan fingerprint density at radius 1 is 1.18 bits per heavy atom. The van der Waals surface area contributed by atoms with Crippen LogP contribution < -0.4 is 10.6 Å². The average molecular weight is 523 g/mol. The van der Waals surface area contributed by atoms with Gasteiger partial charge in [-0.25, -0.2) is 8.42 Å². The third-order valence-corrected chi connectivity index (χ3v) is 6.13. The number of guanidine groups is 1. The van der Waals surface area contributed by atoms with E-state index in [2.05, 4.69) is 15.6 Å². The maximum absolute atomic E-state index is 11.7. The molecule has 0 spiro atoms. The summed E-state index contributed by atoms with van der Waals surface area (Å²) in [6.07, 6.45) is 9.21. The highest BCUT2D eigenvalue weighted by Crippen LogP contribution is 2.19. The van der Waals surface area contributed by atoms with E-state index in [4.69, 9.17) is 4.74 Å². The molecule has 0 radical (unpaired) electrons. The van der Waals surface area contributed by atoms with Gasteiger partial charge in [-0.15, -0.1) is 24.0 Å². The van der Waals surface area contributed by atoms with Crippen molar-refractivity contribution in [2.24, 2.45) is 4.99 Å². The molecule has 2 rings (SSSR count). The maximum Gasteiger partial charge on any atom is 0.191 e. The predicted molar refractivity (Wildman–Crippen MR) is 125 cm³/mol. The van der Waals surface area contributed by atoms with Crippen LogP contribution in [0.1, 0.15) is 49.7 Å². The van der Waals surface area contributed by atoms with E-state index in [0.717, 1.165) is 11.1 Å². The van der Waals surface area contributed by atoms with Crippen LogP contribution in [0, 0.1) is 6.92 Å². The molecule has 1 aliphatic rings. The lowest BCUT2D eigenvalue weighted by atomic mass is 10.1. The first-order valence-electron chi connectivity index (χ1n) is 9.76. The summed E-state index contributed by atoms with van der Waals surface area (Å²) in [6.45, 7) is 3.78. The van der Waals surface area contributed by atoms with Crippen molar-refractivity contribution in [1.29, 1.82) is 0 Å². The van der Waals surface area contributed by atoms with Gasteiger partial charge in [0.1, 0.15) is 0 Å². The van der Waals surface area contributed by atoms with Gasteiger partial charge in [-0.3, -0.25) is 4.99 Å². The smallest absolute Gasteiger partial charge is 0.191 e. The summed E-state index contributed by atoms with van der Waals surface area (Å²) in [6, 6.07) is 5.39. The Balaban J connectivity index is 0.00000392. The van der Waals surface area contributed by atoms with Crippen molar-refractivity contribution in [3.63, 3.8) is 0 Å². The zero-order valence-corrected chi connectivity index (χ0v) is 20.3. The summed E-state index contributed by atoms with van der Waals surface area (Å²) in [5, 5.41) is 6.52. The normalized spacial score (nSPS) is 16.2. The van der Waals surface area contributed by atoms with Gasteiger partial charge in [-0.1, -0.05) is 37.8 Å². The first-order valence-corrected chi connectivity index (χ1v) is 11.6. The number of nitrogens with one attached hydrogen (secondary N) is 2. The summed E-state index contributed by atoms with van der Waals surface area (Å²) >= 11 is 0. The van der Waals surface area contributed by atoms with E-state index in [-0.39, 0.29) is 24.0 Å². The minimum absolute atomic E-state index is 0. The Kier molecular flexibility index (Phi) is 11.4. The Bertz CT molecular complexity index is 730. The molecule has 0 amide bonds. The van der Waals surface area contributed by atoms with E-state index in [1.165, 1.54) is 44.8 Å². The van der Waals surface area contributed by atoms with Crippen LogP contribution in [0.25, 0.3) is 0 Å². The van der Waals surface area contributed by atoms with Gasteiger partial charge in [-0.2, -0.15) is 0 Å². The van der Waals surface area contributed by atoms with Gasteiger partial charge in [0.2, 0.25) is 0 Å². The largest absolute Gasteiger partial charge is 0.376 e. The zero-order chi connectivity index (χ0) is 19.7. The molecule has 0 heterocycles. The fourth-order valence-electron chi connectivity index (χ4n) is 3.45. The molecule has 1 aromatic rings. The van der Waals surface area contributed by atoms with Crippen LogP contribution in [0.2, 0.25) is 0 Å². The molecule has 0 atom stereocenters. The van der Waals surface area contributed by atoms with Gasteiger partial charge in [0.25, 0.3) is 0 Å². The topological polar surface area (TPSA) is 79.8 Å². The number of ether oxygens (including phenoxy) is 1. The lowest BCUT2D eigenvalue weighted by Crippen LogP contribution is -2.39. The summed E-state index contributed by atoms with van der Waals surface area (Å²) < 4.78 is 29.4. The molecular formula is C20H34IN3O3S. The molecule has 0 aliphatic heterocycles. The minimum Gasteiger partial charge on any atom is -0.376 e. The van der Waals surface area contributed by atoms with Gasteiger partial charge in [0.15, 0.2) is 15.8 Å². The number of hydrogen-bond donors (Lipinski definition) is 2. The molecule has 1 saturated carbocycles. The molecule has 0 bridgehead atoms. The summed E-state index contributed by atoms with van der Waals surface area (Å²) in [5.74, 6) is 0.712. The van der Waals surface area contributed by atoms with E-state index in [9.17, 15) is 8.42 Å². The van der Waals surface area contributed by atoms with E-state index in [0.29, 0.717) is 36.7 Å². The third kappa shape index (κ3) is 8.65. The van der Waals surface area contributed by atoms with Crippen molar-refractivity contribution in [3.05, 3.63) is 29.3 Å². The van der Waals surface area contributed by atoms with Crippen molar-refractivity contribution in [3.8, 4) is 0 Å². The van der Waals surface area contributed by atoms with Gasteiger partial charge >= 0.3 is 0 Å². The lowest BCUT2D eigenvalue weighted by Gasteiger charge is -2.17. The second-order valence-corrected chi connectivity index (χ2v) is 9.19. The molecule has 0 aromatic heterocycles. The van der Waals surface area contributed by atoms with Crippen molar-refractivity contribution in [1.82, 2.24) is 10.6 Å². The Morgan fingerprint density at radius 2 is 1.86 bits per heavy atom. The molecule has 1 fully saturated rings. The molecule has 6 nitrogen and oxygen atoms in total. The van der Waals surface area contributed by atoms with Gasteiger partial charge in [0, 0.05) is 26.4 Å². The van der Waals surface area contributed by atoms with Crippen LogP contribution in [0.4, 0.5) is 0 Å². The Labute approximate surface area is 186 Å². The quantitative estimate of drug-likeness (QED) is 0.188. The van der Waals surface area contributed by atoms with Crippen LogP contribution >= 0.6 is 24.0 Å². The third-order valence-electron chi connectivity index (χ3n) is 4.87. The summed E-state index contributed by atoms with van der Waals surface area (Å²) in [5.41, 5.74) is 1.77. The van der Waals surface area contributed by atoms with Crippen molar-refractivity contribution in [2.75, 3.05) is 26.5 Å². The number of rotatable bonds is 7. The highest BCUT2D eigenvalue weighted by atomic mass is 127. The van der Waals surface area contributed by atoms with Crippen molar-refractivity contribution < 1.29 is 13.2 Å². The Hall–Kier alpha value is -0.870. The zero-order valence-electron chi connectivity index (χ0n) is 17.2. The molecule has 0 unspecified atom stereocenters. The van der Waals surface area contributed by atoms with Crippen LogP contribution in [-0.2, 0) is 21.1 Å². The van der Waals surface area contributed by atoms with Gasteiger partial charge in [-0.05, 0) is 37.0 Å². The number of nitrogens with zero attached hydrogens (tertiary/aromatic N) is 1. The number of aryl methyl sites for hydroxylation is 1. The molecule has 1 aromatic carbocycles. The standard InChI is InChI=1S/C20H33N3O3S.HI/c1-16-14-17(10-11-19(16)27(3,24)25)15-23-20(21-2)22-12-13-26-18-8-6-4-5-7-9-18;/h10-11,14,18H,4-9,12-13,15H2,1-3H3,(H2,21,22,23);1H. The predicted octanol–water partition coefficient (Wildman–Crippen LogP) is 3.42. The number of hydrogen-bond acceptors (Lipinski definition) is 4. The van der Waals surface area contributed by atoms with Gasteiger partial charge in [0.05, 0.1) is 17.6 Å². The van der Waals surface area contributed by atoms with Crippen molar-refractivity contribution in [2.45, 2.75) is 63.0 Å². The first-order chi connectivity index (χ1) is 12.9. The number of benzene rings is 1. The van der Waals surface area contributed by atoms with E-state index < -0.39 is 9.84 Å². The molecule has 8 heteroatoms. The second-order valence-electron chi connectivity index (χ2n) is 7.21. The highest BCUT2D eigenvalue weighted by molar-refractivity contribution is 14.0. The number of sulfone groups is 1. The monoisotopic (exact) mass is 523 g/mol.